The maximum absolute atomic E-state index is 12.3. The van der Waals surface area contributed by atoms with E-state index < -0.39 is 0 Å². The Morgan fingerprint density at radius 1 is 1.09 bits per heavy atom. The Labute approximate surface area is 131 Å². The van der Waals surface area contributed by atoms with Gasteiger partial charge in [0.15, 0.2) is 0 Å². The highest BCUT2D eigenvalue weighted by Gasteiger charge is 2.36. The molecule has 2 aliphatic rings. The van der Waals surface area contributed by atoms with Crippen LogP contribution in [0, 0.1) is 11.8 Å². The number of amides is 2. The van der Waals surface area contributed by atoms with Crippen molar-refractivity contribution < 1.29 is 9.59 Å². The first-order valence-electron chi connectivity index (χ1n) is 8.34. The predicted octanol–water partition coefficient (Wildman–Crippen LogP) is 1.99. The molecule has 0 bridgehead atoms. The van der Waals surface area contributed by atoms with Crippen molar-refractivity contribution in [3.05, 3.63) is 35.9 Å². The quantitative estimate of drug-likeness (QED) is 0.904. The summed E-state index contributed by atoms with van der Waals surface area (Å²) in [4.78, 5) is 26.3. The third-order valence-corrected chi connectivity index (χ3v) is 4.59. The molecular weight excluding hydrogens is 276 g/mol. The first kappa shape index (κ1) is 15.1. The third-order valence-electron chi connectivity index (χ3n) is 4.59. The Hall–Kier alpha value is -1.84. The highest BCUT2D eigenvalue weighted by Crippen LogP contribution is 2.32. The van der Waals surface area contributed by atoms with Crippen LogP contribution in [0.1, 0.15) is 31.2 Å². The van der Waals surface area contributed by atoms with Gasteiger partial charge in [0.1, 0.15) is 0 Å². The van der Waals surface area contributed by atoms with E-state index >= 15 is 0 Å². The molecule has 0 aromatic heterocycles. The number of benzene rings is 1. The lowest BCUT2D eigenvalue weighted by Gasteiger charge is -2.32. The first-order valence-corrected chi connectivity index (χ1v) is 8.34. The first-order chi connectivity index (χ1) is 10.7. The van der Waals surface area contributed by atoms with Gasteiger partial charge in [0, 0.05) is 25.6 Å². The molecule has 1 aromatic rings. The van der Waals surface area contributed by atoms with Gasteiger partial charge < -0.3 is 10.2 Å². The second-order valence-corrected chi connectivity index (χ2v) is 6.42. The molecule has 22 heavy (non-hydrogen) atoms. The zero-order valence-electron chi connectivity index (χ0n) is 13.0. The molecule has 0 unspecified atom stereocenters. The van der Waals surface area contributed by atoms with E-state index in [9.17, 15) is 9.59 Å². The van der Waals surface area contributed by atoms with Crippen LogP contribution in [0.3, 0.4) is 0 Å². The summed E-state index contributed by atoms with van der Waals surface area (Å²) in [6, 6.07) is 10.2. The number of carbonyl (C=O) groups excluding carboxylic acids is 2. The Balaban J connectivity index is 1.44. The van der Waals surface area contributed by atoms with Crippen molar-refractivity contribution >= 4 is 11.8 Å². The summed E-state index contributed by atoms with van der Waals surface area (Å²) in [7, 11) is 0. The third kappa shape index (κ3) is 3.87. The molecule has 1 N–H and O–H groups in total. The molecule has 1 saturated heterocycles. The molecule has 1 aliphatic carbocycles. The van der Waals surface area contributed by atoms with Gasteiger partial charge in [-0.05, 0) is 37.7 Å². The van der Waals surface area contributed by atoms with Crippen LogP contribution in [0.15, 0.2) is 30.3 Å². The van der Waals surface area contributed by atoms with E-state index in [1.54, 1.807) is 0 Å². The minimum absolute atomic E-state index is 0.0350. The second-order valence-electron chi connectivity index (χ2n) is 6.42. The molecule has 0 radical (unpaired) electrons. The van der Waals surface area contributed by atoms with Crippen molar-refractivity contribution in [1.29, 1.82) is 0 Å². The van der Waals surface area contributed by atoms with Gasteiger partial charge in [-0.15, -0.1) is 0 Å². The number of likely N-dealkylation sites (tertiary alicyclic amines) is 1. The van der Waals surface area contributed by atoms with Crippen LogP contribution in [0.4, 0.5) is 0 Å². The SMILES string of the molecule is O=C(NCCc1ccccc1)[C@H]1CCCN(C(=O)C2CC2)C1. The fourth-order valence-electron chi connectivity index (χ4n) is 3.10. The molecular formula is C18H24N2O2. The molecule has 4 heteroatoms. The van der Waals surface area contributed by atoms with Crippen LogP contribution in [0.25, 0.3) is 0 Å². The molecule has 1 heterocycles. The van der Waals surface area contributed by atoms with Gasteiger partial charge in [0.05, 0.1) is 5.92 Å². The molecule has 118 valence electrons. The fraction of sp³-hybridized carbons (Fsp3) is 0.556. The van der Waals surface area contributed by atoms with Crippen molar-refractivity contribution in [2.75, 3.05) is 19.6 Å². The van der Waals surface area contributed by atoms with Crippen molar-refractivity contribution in [2.24, 2.45) is 11.8 Å². The normalized spacial score (nSPS) is 21.5. The van der Waals surface area contributed by atoms with Crippen molar-refractivity contribution in [1.82, 2.24) is 10.2 Å². The summed E-state index contributed by atoms with van der Waals surface area (Å²) in [5, 5.41) is 3.03. The van der Waals surface area contributed by atoms with Gasteiger partial charge in [0.25, 0.3) is 0 Å². The van der Waals surface area contributed by atoms with E-state index in [1.807, 2.05) is 23.1 Å². The number of piperidine rings is 1. The highest BCUT2D eigenvalue weighted by atomic mass is 16.2. The minimum atomic E-state index is -0.0350. The standard InChI is InChI=1S/C18H24N2O2/c21-17(19-11-10-14-5-2-1-3-6-14)16-7-4-12-20(13-16)18(22)15-8-9-15/h1-3,5-6,15-16H,4,7-13H2,(H,19,21)/t16-/m0/s1. The smallest absolute Gasteiger partial charge is 0.225 e. The van der Waals surface area contributed by atoms with Crippen LogP contribution < -0.4 is 5.32 Å². The zero-order chi connectivity index (χ0) is 15.4. The van der Waals surface area contributed by atoms with E-state index in [4.69, 9.17) is 0 Å². The summed E-state index contributed by atoms with van der Waals surface area (Å²) >= 11 is 0. The Morgan fingerprint density at radius 3 is 2.59 bits per heavy atom. The average Bonchev–Trinajstić information content (AvgIpc) is 3.40. The molecule has 1 atom stereocenters. The predicted molar refractivity (Wildman–Crippen MR) is 85.2 cm³/mol. The summed E-state index contributed by atoms with van der Waals surface area (Å²) in [6.07, 6.45) is 4.75. The molecule has 4 nitrogen and oxygen atoms in total. The maximum Gasteiger partial charge on any atom is 0.225 e. The molecule has 2 amide bonds. The van der Waals surface area contributed by atoms with Gasteiger partial charge in [-0.25, -0.2) is 0 Å². The van der Waals surface area contributed by atoms with Crippen LogP contribution >= 0.6 is 0 Å². The zero-order valence-corrected chi connectivity index (χ0v) is 13.0. The Kier molecular flexibility index (Phi) is 4.76. The second kappa shape index (κ2) is 6.95. The van der Waals surface area contributed by atoms with Gasteiger partial charge in [0.2, 0.25) is 11.8 Å². The van der Waals surface area contributed by atoms with E-state index in [0.29, 0.717) is 13.1 Å². The summed E-state index contributed by atoms with van der Waals surface area (Å²) in [6.45, 7) is 2.09. The van der Waals surface area contributed by atoms with Crippen molar-refractivity contribution in [3.8, 4) is 0 Å². The number of hydrogen-bond donors (Lipinski definition) is 1. The molecule has 1 aromatic carbocycles. The minimum Gasteiger partial charge on any atom is -0.355 e. The van der Waals surface area contributed by atoms with Gasteiger partial charge in [-0.3, -0.25) is 9.59 Å². The fourth-order valence-corrected chi connectivity index (χ4v) is 3.10. The summed E-state index contributed by atoms with van der Waals surface area (Å²) in [5.41, 5.74) is 1.23. The maximum atomic E-state index is 12.3. The molecule has 2 fully saturated rings. The Bertz CT molecular complexity index is 525. The van der Waals surface area contributed by atoms with Crippen LogP contribution in [0.2, 0.25) is 0 Å². The lowest BCUT2D eigenvalue weighted by atomic mass is 9.96. The molecule has 1 saturated carbocycles. The Morgan fingerprint density at radius 2 is 1.86 bits per heavy atom. The van der Waals surface area contributed by atoms with Crippen LogP contribution in [-0.4, -0.2) is 36.3 Å². The van der Waals surface area contributed by atoms with Gasteiger partial charge in [-0.1, -0.05) is 30.3 Å². The summed E-state index contributed by atoms with van der Waals surface area (Å²) in [5.74, 6) is 0.582. The number of nitrogens with one attached hydrogen (secondary N) is 1. The van der Waals surface area contributed by atoms with E-state index in [2.05, 4.69) is 17.4 Å². The van der Waals surface area contributed by atoms with Gasteiger partial charge >= 0.3 is 0 Å². The largest absolute Gasteiger partial charge is 0.355 e. The molecule has 1 aliphatic heterocycles. The number of hydrogen-bond acceptors (Lipinski definition) is 2. The number of rotatable bonds is 5. The van der Waals surface area contributed by atoms with E-state index in [-0.39, 0.29) is 23.7 Å². The number of nitrogens with zero attached hydrogens (tertiary/aromatic N) is 1. The van der Waals surface area contributed by atoms with Crippen LogP contribution in [-0.2, 0) is 16.0 Å². The van der Waals surface area contributed by atoms with E-state index in [1.165, 1.54) is 5.56 Å². The monoisotopic (exact) mass is 300 g/mol. The lowest BCUT2D eigenvalue weighted by Crippen LogP contribution is -2.46. The topological polar surface area (TPSA) is 49.4 Å². The number of carbonyl (C=O) groups is 2. The van der Waals surface area contributed by atoms with Crippen LogP contribution in [0.5, 0.6) is 0 Å². The molecule has 0 spiro atoms. The van der Waals surface area contributed by atoms with Crippen molar-refractivity contribution in [2.45, 2.75) is 32.1 Å². The summed E-state index contributed by atoms with van der Waals surface area (Å²) < 4.78 is 0. The lowest BCUT2D eigenvalue weighted by molar-refractivity contribution is -0.136. The molecule has 3 rings (SSSR count). The van der Waals surface area contributed by atoms with Crippen molar-refractivity contribution in [3.63, 3.8) is 0 Å². The van der Waals surface area contributed by atoms with E-state index in [0.717, 1.165) is 38.6 Å². The van der Waals surface area contributed by atoms with Gasteiger partial charge in [-0.2, -0.15) is 0 Å². The average molecular weight is 300 g/mol. The highest BCUT2D eigenvalue weighted by molar-refractivity contribution is 5.83.